The number of carbonyl (C=O) groups excluding carboxylic acids is 1. The van der Waals surface area contributed by atoms with Crippen molar-refractivity contribution < 1.29 is 22.7 Å². The first-order valence-corrected chi connectivity index (χ1v) is 8.73. The lowest BCUT2D eigenvalue weighted by Gasteiger charge is -2.12. The Bertz CT molecular complexity index is 1020. The molecule has 30 heavy (non-hydrogen) atoms. The van der Waals surface area contributed by atoms with Crippen LogP contribution < -0.4 is 20.3 Å². The van der Waals surface area contributed by atoms with E-state index in [0.29, 0.717) is 23.1 Å². The molecule has 0 atom stereocenters. The average Bonchev–Trinajstić information content (AvgIpc) is 2.69. The molecule has 0 saturated heterocycles. The number of rotatable bonds is 5. The highest BCUT2D eigenvalue weighted by Gasteiger charge is 2.30. The minimum absolute atomic E-state index is 0.0303. The zero-order valence-electron chi connectivity index (χ0n) is 16.1. The molecule has 0 unspecified atom stereocenters. The summed E-state index contributed by atoms with van der Waals surface area (Å²) in [4.78, 5) is 22.0. The van der Waals surface area contributed by atoms with Gasteiger partial charge in [0.1, 0.15) is 17.9 Å². The summed E-state index contributed by atoms with van der Waals surface area (Å²) < 4.78 is 43.9. The number of ether oxygens (including phenoxy) is 1. The van der Waals surface area contributed by atoms with Gasteiger partial charge in [-0.2, -0.15) is 13.2 Å². The van der Waals surface area contributed by atoms with E-state index < -0.39 is 17.8 Å². The predicted molar refractivity (Wildman–Crippen MR) is 107 cm³/mol. The summed E-state index contributed by atoms with van der Waals surface area (Å²) in [7, 11) is 3.69. The highest BCUT2D eigenvalue weighted by Crippen LogP contribution is 2.30. The molecule has 0 bridgehead atoms. The van der Waals surface area contributed by atoms with Crippen molar-refractivity contribution >= 4 is 23.2 Å². The van der Waals surface area contributed by atoms with Crippen molar-refractivity contribution in [2.45, 2.75) is 6.18 Å². The van der Waals surface area contributed by atoms with Crippen molar-refractivity contribution in [3.8, 4) is 11.6 Å². The largest absolute Gasteiger partial charge is 0.439 e. The second-order valence-corrected chi connectivity index (χ2v) is 6.39. The molecular weight excluding hydrogens is 399 g/mol. The molecule has 0 fully saturated rings. The van der Waals surface area contributed by atoms with E-state index in [1.165, 1.54) is 18.5 Å². The van der Waals surface area contributed by atoms with Crippen LogP contribution in [-0.4, -0.2) is 30.1 Å². The van der Waals surface area contributed by atoms with Gasteiger partial charge in [-0.25, -0.2) is 14.8 Å². The fourth-order valence-corrected chi connectivity index (χ4v) is 2.42. The normalized spacial score (nSPS) is 11.0. The van der Waals surface area contributed by atoms with Crippen LogP contribution in [0.15, 0.2) is 60.9 Å². The van der Waals surface area contributed by atoms with E-state index in [4.69, 9.17) is 4.74 Å². The lowest BCUT2D eigenvalue weighted by molar-refractivity contribution is -0.137. The van der Waals surface area contributed by atoms with Gasteiger partial charge in [0.2, 0.25) is 5.88 Å². The zero-order valence-corrected chi connectivity index (χ0v) is 16.1. The van der Waals surface area contributed by atoms with Gasteiger partial charge >= 0.3 is 12.2 Å². The number of amides is 2. The van der Waals surface area contributed by atoms with Crippen LogP contribution in [0.2, 0.25) is 0 Å². The first-order valence-electron chi connectivity index (χ1n) is 8.73. The number of nitrogens with zero attached hydrogens (tertiary/aromatic N) is 3. The third-order valence-corrected chi connectivity index (χ3v) is 3.87. The molecule has 7 nitrogen and oxygen atoms in total. The molecule has 10 heteroatoms. The summed E-state index contributed by atoms with van der Waals surface area (Å²) >= 11 is 0. The molecule has 3 aromatic rings. The molecule has 1 aromatic heterocycles. The Balaban J connectivity index is 1.60. The molecule has 2 N–H and O–H groups in total. The fourth-order valence-electron chi connectivity index (χ4n) is 2.42. The molecule has 0 spiro atoms. The van der Waals surface area contributed by atoms with Crippen LogP contribution in [0, 0.1) is 0 Å². The highest BCUT2D eigenvalue weighted by molar-refractivity contribution is 5.99. The van der Waals surface area contributed by atoms with Gasteiger partial charge in [-0.15, -0.1) is 0 Å². The number of nitrogens with one attached hydrogen (secondary N) is 2. The monoisotopic (exact) mass is 417 g/mol. The van der Waals surface area contributed by atoms with E-state index in [2.05, 4.69) is 20.6 Å². The van der Waals surface area contributed by atoms with E-state index in [1.807, 2.05) is 19.0 Å². The maximum Gasteiger partial charge on any atom is 0.416 e. The zero-order chi connectivity index (χ0) is 21.7. The van der Waals surface area contributed by atoms with Crippen molar-refractivity contribution in [2.24, 2.45) is 0 Å². The minimum atomic E-state index is -4.49. The van der Waals surface area contributed by atoms with E-state index in [9.17, 15) is 18.0 Å². The Kier molecular flexibility index (Phi) is 6.05. The molecule has 0 aliphatic carbocycles. The Hall–Kier alpha value is -3.82. The van der Waals surface area contributed by atoms with Gasteiger partial charge in [-0.3, -0.25) is 0 Å². The molecule has 0 radical (unpaired) electrons. The third kappa shape index (κ3) is 5.60. The molecule has 0 saturated carbocycles. The molecule has 2 aromatic carbocycles. The number of benzene rings is 2. The number of urea groups is 1. The van der Waals surface area contributed by atoms with E-state index in [-0.39, 0.29) is 5.69 Å². The van der Waals surface area contributed by atoms with Gasteiger partial charge in [0.15, 0.2) is 0 Å². The summed E-state index contributed by atoms with van der Waals surface area (Å²) in [5.74, 6) is 1.53. The van der Waals surface area contributed by atoms with Crippen LogP contribution in [0.3, 0.4) is 0 Å². The second kappa shape index (κ2) is 8.68. The van der Waals surface area contributed by atoms with Gasteiger partial charge in [-0.05, 0) is 42.5 Å². The first kappa shape index (κ1) is 20.9. The van der Waals surface area contributed by atoms with Gasteiger partial charge in [0, 0.05) is 31.5 Å². The SMILES string of the molecule is CN(C)c1cc(Oc2ccc(NC(=O)Nc3cccc(C(F)(F)F)c3)cc2)ncn1. The Morgan fingerprint density at radius 3 is 2.33 bits per heavy atom. The van der Waals surface area contributed by atoms with Crippen LogP contribution in [0.5, 0.6) is 11.6 Å². The first-order chi connectivity index (χ1) is 14.2. The van der Waals surface area contributed by atoms with Crippen molar-refractivity contribution in [2.75, 3.05) is 29.6 Å². The smallest absolute Gasteiger partial charge is 0.416 e. The maximum absolute atomic E-state index is 12.8. The molecule has 3 rings (SSSR count). The van der Waals surface area contributed by atoms with Gasteiger partial charge in [0.05, 0.1) is 5.56 Å². The van der Waals surface area contributed by atoms with Crippen LogP contribution in [0.4, 0.5) is 35.2 Å². The number of alkyl halides is 3. The van der Waals surface area contributed by atoms with E-state index >= 15 is 0 Å². The molecule has 1 heterocycles. The van der Waals surface area contributed by atoms with E-state index in [0.717, 1.165) is 12.1 Å². The third-order valence-electron chi connectivity index (χ3n) is 3.87. The minimum Gasteiger partial charge on any atom is -0.439 e. The Morgan fingerprint density at radius 1 is 0.967 bits per heavy atom. The number of carbonyl (C=O) groups is 1. The molecule has 2 amide bonds. The molecular formula is C20H18F3N5O2. The van der Waals surface area contributed by atoms with Crippen molar-refractivity contribution in [3.63, 3.8) is 0 Å². The number of hydrogen-bond acceptors (Lipinski definition) is 5. The van der Waals surface area contributed by atoms with Gasteiger partial charge in [-0.1, -0.05) is 6.07 Å². The van der Waals surface area contributed by atoms with Crippen LogP contribution >= 0.6 is 0 Å². The second-order valence-electron chi connectivity index (χ2n) is 6.39. The molecule has 0 aliphatic heterocycles. The Labute approximate surface area is 170 Å². The molecule has 0 aliphatic rings. The summed E-state index contributed by atoms with van der Waals surface area (Å²) in [6, 6.07) is 11.8. The summed E-state index contributed by atoms with van der Waals surface area (Å²) in [5.41, 5.74) is -0.379. The number of hydrogen-bond donors (Lipinski definition) is 2. The average molecular weight is 417 g/mol. The number of aromatic nitrogens is 2. The van der Waals surface area contributed by atoms with E-state index in [1.54, 1.807) is 30.3 Å². The predicted octanol–water partition coefficient (Wildman–Crippen LogP) is 5.00. The number of halogens is 3. The number of anilines is 3. The summed E-state index contributed by atoms with van der Waals surface area (Å²) in [6.07, 6.45) is -3.10. The molecule has 156 valence electrons. The van der Waals surface area contributed by atoms with Gasteiger partial charge in [0.25, 0.3) is 0 Å². The highest BCUT2D eigenvalue weighted by atomic mass is 19.4. The standard InChI is InChI=1S/C20H18F3N5O2/c1-28(2)17-11-18(25-12-24-17)30-16-8-6-14(7-9-16)26-19(29)27-15-5-3-4-13(10-15)20(21,22)23/h3-12H,1-2H3,(H2,26,27,29). The summed E-state index contributed by atoms with van der Waals surface area (Å²) in [6.45, 7) is 0. The summed E-state index contributed by atoms with van der Waals surface area (Å²) in [5, 5.41) is 4.92. The van der Waals surface area contributed by atoms with Crippen molar-refractivity contribution in [1.29, 1.82) is 0 Å². The van der Waals surface area contributed by atoms with Crippen molar-refractivity contribution in [3.05, 3.63) is 66.5 Å². The van der Waals surface area contributed by atoms with Crippen LogP contribution in [-0.2, 0) is 6.18 Å². The van der Waals surface area contributed by atoms with Crippen molar-refractivity contribution in [1.82, 2.24) is 9.97 Å². The quantitative estimate of drug-likeness (QED) is 0.611. The lowest BCUT2D eigenvalue weighted by Crippen LogP contribution is -2.19. The fraction of sp³-hybridized carbons (Fsp3) is 0.150. The van der Waals surface area contributed by atoms with Crippen LogP contribution in [0.1, 0.15) is 5.56 Å². The topological polar surface area (TPSA) is 79.4 Å². The Morgan fingerprint density at radius 2 is 1.67 bits per heavy atom. The maximum atomic E-state index is 12.8. The van der Waals surface area contributed by atoms with Crippen LogP contribution in [0.25, 0.3) is 0 Å². The van der Waals surface area contributed by atoms with Gasteiger partial charge < -0.3 is 20.3 Å². The lowest BCUT2D eigenvalue weighted by atomic mass is 10.2.